The Bertz CT molecular complexity index is 416. The smallest absolute Gasteiger partial charge is 0.268 e. The lowest BCUT2D eigenvalue weighted by Crippen LogP contribution is -2.37. The topological polar surface area (TPSA) is 37.3 Å². The van der Waals surface area contributed by atoms with E-state index in [1.54, 1.807) is 0 Å². The molecule has 1 fully saturated rings. The lowest BCUT2D eigenvalue weighted by atomic mass is 10.2. The molecular formula is C12H18BrN3O. The second-order valence-corrected chi connectivity index (χ2v) is 5.47. The van der Waals surface area contributed by atoms with E-state index >= 15 is 0 Å². The number of likely N-dealkylation sites (N-methyl/N-ethyl adjacent to an activating group) is 1. The average Bonchev–Trinajstić information content (AvgIpc) is 2.84. The number of hydrogen-bond acceptors (Lipinski definition) is 2. The largest absolute Gasteiger partial charge is 0.347 e. The summed E-state index contributed by atoms with van der Waals surface area (Å²) in [6.07, 6.45) is 2.98. The normalized spacial score (nSPS) is 20.8. The molecule has 0 aliphatic carbocycles. The van der Waals surface area contributed by atoms with Gasteiger partial charge in [-0.2, -0.15) is 0 Å². The predicted octanol–water partition coefficient (Wildman–Crippen LogP) is 1.70. The quantitative estimate of drug-likeness (QED) is 0.922. The third-order valence-corrected chi connectivity index (χ3v) is 3.60. The Hall–Kier alpha value is -0.810. The summed E-state index contributed by atoms with van der Waals surface area (Å²) in [5.41, 5.74) is 0.730. The molecule has 1 N–H and O–H groups in total. The predicted molar refractivity (Wildman–Crippen MR) is 71.2 cm³/mol. The number of aryl methyl sites for hydroxylation is 1. The molecule has 0 saturated carbocycles. The van der Waals surface area contributed by atoms with Gasteiger partial charge in [0, 0.05) is 29.8 Å². The number of nitrogens with zero attached hydrogens (tertiary/aromatic N) is 2. The van der Waals surface area contributed by atoms with Crippen molar-refractivity contribution in [3.8, 4) is 0 Å². The van der Waals surface area contributed by atoms with Gasteiger partial charge in [-0.3, -0.25) is 4.79 Å². The summed E-state index contributed by atoms with van der Waals surface area (Å²) in [4.78, 5) is 14.4. The summed E-state index contributed by atoms with van der Waals surface area (Å²) in [6, 6.07) is 2.16. The number of halogens is 1. The Morgan fingerprint density at radius 3 is 3.00 bits per heavy atom. The first-order valence-electron chi connectivity index (χ1n) is 5.95. The van der Waals surface area contributed by atoms with Gasteiger partial charge in [-0.05, 0) is 48.9 Å². The Balaban J connectivity index is 2.04. The van der Waals surface area contributed by atoms with Gasteiger partial charge in [0.25, 0.3) is 5.91 Å². The summed E-state index contributed by atoms with van der Waals surface area (Å²) < 4.78 is 2.91. The maximum Gasteiger partial charge on any atom is 0.268 e. The Kier molecular flexibility index (Phi) is 3.89. The van der Waals surface area contributed by atoms with Crippen molar-refractivity contribution in [3.05, 3.63) is 22.4 Å². The molecule has 1 aromatic heterocycles. The highest BCUT2D eigenvalue weighted by Gasteiger charge is 2.22. The van der Waals surface area contributed by atoms with Crippen LogP contribution in [0, 0.1) is 0 Å². The maximum absolute atomic E-state index is 12.1. The molecule has 0 radical (unpaired) electrons. The van der Waals surface area contributed by atoms with Crippen molar-refractivity contribution in [1.29, 1.82) is 0 Å². The number of rotatable bonds is 3. The highest BCUT2D eigenvalue weighted by molar-refractivity contribution is 9.10. The van der Waals surface area contributed by atoms with Gasteiger partial charge in [-0.15, -0.1) is 0 Å². The minimum absolute atomic E-state index is 0.0258. The number of hydrogen-bond donors (Lipinski definition) is 1. The van der Waals surface area contributed by atoms with Crippen molar-refractivity contribution in [1.82, 2.24) is 14.8 Å². The van der Waals surface area contributed by atoms with Crippen LogP contribution in [-0.4, -0.2) is 41.6 Å². The minimum atomic E-state index is 0.0258. The van der Waals surface area contributed by atoms with Crippen molar-refractivity contribution in [2.75, 3.05) is 20.1 Å². The molecule has 2 heterocycles. The summed E-state index contributed by atoms with van der Waals surface area (Å²) >= 11 is 3.41. The average molecular weight is 300 g/mol. The van der Waals surface area contributed by atoms with Gasteiger partial charge in [-0.1, -0.05) is 0 Å². The summed E-state index contributed by atoms with van der Waals surface area (Å²) in [6.45, 7) is 4.84. The fourth-order valence-electron chi connectivity index (χ4n) is 2.24. The van der Waals surface area contributed by atoms with Crippen LogP contribution in [0.4, 0.5) is 0 Å². The molecule has 1 aromatic rings. The molecule has 1 aliphatic rings. The van der Waals surface area contributed by atoms with Crippen molar-refractivity contribution in [2.24, 2.45) is 0 Å². The van der Waals surface area contributed by atoms with E-state index in [0.717, 1.165) is 36.2 Å². The van der Waals surface area contributed by atoms with Gasteiger partial charge < -0.3 is 14.8 Å². The van der Waals surface area contributed by atoms with Gasteiger partial charge >= 0.3 is 0 Å². The summed E-state index contributed by atoms with van der Waals surface area (Å²) in [7, 11) is 2.08. The van der Waals surface area contributed by atoms with Crippen molar-refractivity contribution >= 4 is 21.8 Å². The van der Waals surface area contributed by atoms with Crippen LogP contribution in [0.5, 0.6) is 0 Å². The summed E-state index contributed by atoms with van der Waals surface area (Å²) in [5, 5.41) is 3.09. The maximum atomic E-state index is 12.1. The Morgan fingerprint density at radius 1 is 1.65 bits per heavy atom. The van der Waals surface area contributed by atoms with E-state index in [0.29, 0.717) is 0 Å². The zero-order chi connectivity index (χ0) is 12.4. The molecular weight excluding hydrogens is 282 g/mol. The molecule has 5 heteroatoms. The lowest BCUT2D eigenvalue weighted by Gasteiger charge is -2.13. The fourth-order valence-corrected chi connectivity index (χ4v) is 2.70. The number of carbonyl (C=O) groups is 1. The molecule has 4 nitrogen and oxygen atoms in total. The van der Waals surface area contributed by atoms with E-state index in [4.69, 9.17) is 0 Å². The van der Waals surface area contributed by atoms with Crippen LogP contribution in [0.2, 0.25) is 0 Å². The molecule has 0 bridgehead atoms. The van der Waals surface area contributed by atoms with Crippen LogP contribution in [0.1, 0.15) is 23.8 Å². The molecule has 2 rings (SSSR count). The number of carbonyl (C=O) groups excluding carboxylic acids is 1. The second-order valence-electron chi connectivity index (χ2n) is 4.55. The van der Waals surface area contributed by atoms with E-state index in [9.17, 15) is 4.79 Å². The van der Waals surface area contributed by atoms with Gasteiger partial charge in [0.1, 0.15) is 5.69 Å². The first kappa shape index (κ1) is 12.6. The Morgan fingerprint density at radius 2 is 2.41 bits per heavy atom. The van der Waals surface area contributed by atoms with Crippen LogP contribution in [0.15, 0.2) is 16.7 Å². The molecule has 1 unspecified atom stereocenters. The number of amides is 1. The van der Waals surface area contributed by atoms with Gasteiger partial charge in [-0.25, -0.2) is 0 Å². The molecule has 0 aromatic carbocycles. The van der Waals surface area contributed by atoms with Gasteiger partial charge in [0.2, 0.25) is 0 Å². The van der Waals surface area contributed by atoms with E-state index in [1.807, 2.05) is 23.8 Å². The second kappa shape index (κ2) is 5.23. The highest BCUT2D eigenvalue weighted by Crippen LogP contribution is 2.15. The third kappa shape index (κ3) is 2.90. The van der Waals surface area contributed by atoms with E-state index in [1.165, 1.54) is 0 Å². The van der Waals surface area contributed by atoms with Crippen LogP contribution in [-0.2, 0) is 6.54 Å². The molecule has 17 heavy (non-hydrogen) atoms. The molecule has 1 amide bonds. The SMILES string of the molecule is CCn1cc(Br)cc1C(=O)NC1CCN(C)C1. The molecule has 94 valence electrons. The third-order valence-electron chi connectivity index (χ3n) is 3.16. The first-order valence-corrected chi connectivity index (χ1v) is 6.74. The number of nitrogens with one attached hydrogen (secondary N) is 1. The van der Waals surface area contributed by atoms with Crippen molar-refractivity contribution in [3.63, 3.8) is 0 Å². The zero-order valence-electron chi connectivity index (χ0n) is 10.2. The zero-order valence-corrected chi connectivity index (χ0v) is 11.8. The van der Waals surface area contributed by atoms with Crippen LogP contribution < -0.4 is 5.32 Å². The molecule has 0 spiro atoms. The van der Waals surface area contributed by atoms with Crippen LogP contribution >= 0.6 is 15.9 Å². The van der Waals surface area contributed by atoms with Crippen LogP contribution in [0.25, 0.3) is 0 Å². The monoisotopic (exact) mass is 299 g/mol. The van der Waals surface area contributed by atoms with Gasteiger partial charge in [0.15, 0.2) is 0 Å². The van der Waals surface area contributed by atoms with Crippen LogP contribution in [0.3, 0.4) is 0 Å². The van der Waals surface area contributed by atoms with E-state index in [2.05, 4.69) is 33.2 Å². The number of likely N-dealkylation sites (tertiary alicyclic amines) is 1. The molecule has 1 atom stereocenters. The van der Waals surface area contributed by atoms with Crippen molar-refractivity contribution < 1.29 is 4.79 Å². The molecule has 1 aliphatic heterocycles. The van der Waals surface area contributed by atoms with Crippen molar-refractivity contribution in [2.45, 2.75) is 25.9 Å². The highest BCUT2D eigenvalue weighted by atomic mass is 79.9. The lowest BCUT2D eigenvalue weighted by molar-refractivity contribution is 0.0929. The number of aromatic nitrogens is 1. The first-order chi connectivity index (χ1) is 8.10. The van der Waals surface area contributed by atoms with E-state index in [-0.39, 0.29) is 11.9 Å². The fraction of sp³-hybridized carbons (Fsp3) is 0.583. The standard InChI is InChI=1S/C12H18BrN3O/c1-3-16-7-9(13)6-11(16)12(17)14-10-4-5-15(2)8-10/h6-7,10H,3-5,8H2,1-2H3,(H,14,17). The summed E-state index contributed by atoms with van der Waals surface area (Å²) in [5.74, 6) is 0.0258. The molecule has 1 saturated heterocycles. The van der Waals surface area contributed by atoms with E-state index < -0.39 is 0 Å². The minimum Gasteiger partial charge on any atom is -0.347 e. The Labute approximate surface area is 110 Å². The van der Waals surface area contributed by atoms with Gasteiger partial charge in [0.05, 0.1) is 0 Å².